The van der Waals surface area contributed by atoms with E-state index in [0.29, 0.717) is 24.8 Å². The molecule has 0 bridgehead atoms. The lowest BCUT2D eigenvalue weighted by atomic mass is 10.00. The van der Waals surface area contributed by atoms with Crippen molar-refractivity contribution < 1.29 is 9.53 Å². The maximum absolute atomic E-state index is 13.0. The molecule has 0 fully saturated rings. The van der Waals surface area contributed by atoms with E-state index in [-0.39, 0.29) is 12.5 Å². The number of carbonyl (C=O) groups excluding carboxylic acids is 1. The van der Waals surface area contributed by atoms with Crippen molar-refractivity contribution in [3.63, 3.8) is 0 Å². The Morgan fingerprint density at radius 2 is 1.88 bits per heavy atom. The maximum atomic E-state index is 13.0. The summed E-state index contributed by atoms with van der Waals surface area (Å²) in [6, 6.07) is 18.5. The fourth-order valence-corrected chi connectivity index (χ4v) is 5.08. The van der Waals surface area contributed by atoms with Gasteiger partial charge in [-0.15, -0.1) is 11.3 Å². The number of carbonyl (C=O) groups is 1. The minimum Gasteiger partial charge on any atom is -0.377 e. The largest absolute Gasteiger partial charge is 0.377 e. The van der Waals surface area contributed by atoms with Gasteiger partial charge in [0.05, 0.1) is 11.9 Å². The average Bonchev–Trinajstić information content (AvgIpc) is 3.27. The van der Waals surface area contributed by atoms with Gasteiger partial charge in [-0.05, 0) is 23.1 Å². The fraction of sp³-hybridized carbons (Fsp3) is 0.240. The van der Waals surface area contributed by atoms with Gasteiger partial charge in [0.2, 0.25) is 5.91 Å². The summed E-state index contributed by atoms with van der Waals surface area (Å²) in [4.78, 5) is 25.2. The van der Waals surface area contributed by atoms with Gasteiger partial charge >= 0.3 is 0 Å². The van der Waals surface area contributed by atoms with Gasteiger partial charge in [0.15, 0.2) is 5.82 Å². The second-order valence-corrected chi connectivity index (χ2v) is 8.66. The van der Waals surface area contributed by atoms with Gasteiger partial charge in [-0.2, -0.15) is 0 Å². The van der Waals surface area contributed by atoms with Gasteiger partial charge in [0.25, 0.3) is 0 Å². The third kappa shape index (κ3) is 4.09. The normalized spacial score (nSPS) is 13.2. The van der Waals surface area contributed by atoms with Gasteiger partial charge in [0, 0.05) is 31.1 Å². The van der Waals surface area contributed by atoms with Crippen LogP contribution in [0.15, 0.2) is 60.0 Å². The first kappa shape index (κ1) is 20.6. The molecule has 0 radical (unpaired) electrons. The van der Waals surface area contributed by atoms with Crippen LogP contribution in [0.4, 0.5) is 5.82 Å². The van der Waals surface area contributed by atoms with Crippen LogP contribution in [0.3, 0.4) is 0 Å². The molecule has 162 valence electrons. The summed E-state index contributed by atoms with van der Waals surface area (Å²) in [5, 5.41) is 6.35. The highest BCUT2D eigenvalue weighted by atomic mass is 32.1. The molecule has 0 spiro atoms. The first-order valence-corrected chi connectivity index (χ1v) is 11.5. The lowest BCUT2D eigenvalue weighted by Crippen LogP contribution is -2.39. The summed E-state index contributed by atoms with van der Waals surface area (Å²) in [6.45, 7) is 1.89. The molecule has 0 aliphatic carbocycles. The van der Waals surface area contributed by atoms with E-state index in [1.807, 2.05) is 29.2 Å². The van der Waals surface area contributed by atoms with E-state index >= 15 is 0 Å². The lowest BCUT2D eigenvalue weighted by Gasteiger charge is -2.29. The van der Waals surface area contributed by atoms with Crippen LogP contribution in [0.5, 0.6) is 0 Å². The molecule has 0 saturated carbocycles. The third-order valence-electron chi connectivity index (χ3n) is 5.73. The predicted octanol–water partition coefficient (Wildman–Crippen LogP) is 4.50. The SMILES string of the molecule is COCc1nc(NCC(=O)N2CCc3ccccc3C2)c2c(-c3ccccc3)csc2n1. The molecule has 6 nitrogen and oxygen atoms in total. The van der Waals surface area contributed by atoms with Crippen LogP contribution < -0.4 is 5.32 Å². The Balaban J connectivity index is 1.41. The molecular weight excluding hydrogens is 420 g/mol. The van der Waals surface area contributed by atoms with E-state index in [1.165, 1.54) is 11.1 Å². The molecule has 32 heavy (non-hydrogen) atoms. The summed E-state index contributed by atoms with van der Waals surface area (Å²) >= 11 is 1.58. The van der Waals surface area contributed by atoms with E-state index < -0.39 is 0 Å². The van der Waals surface area contributed by atoms with Crippen molar-refractivity contribution in [2.75, 3.05) is 25.5 Å². The van der Waals surface area contributed by atoms with Crippen molar-refractivity contribution >= 4 is 33.3 Å². The van der Waals surface area contributed by atoms with E-state index in [4.69, 9.17) is 9.72 Å². The third-order valence-corrected chi connectivity index (χ3v) is 6.60. The minimum atomic E-state index is 0.0658. The smallest absolute Gasteiger partial charge is 0.242 e. The number of fused-ring (bicyclic) bond motifs is 2. The van der Waals surface area contributed by atoms with E-state index in [9.17, 15) is 4.79 Å². The highest BCUT2D eigenvalue weighted by Gasteiger charge is 2.21. The number of rotatable bonds is 6. The van der Waals surface area contributed by atoms with Crippen molar-refractivity contribution in [2.45, 2.75) is 19.6 Å². The molecule has 0 atom stereocenters. The Kier molecular flexibility index (Phi) is 5.83. The molecule has 1 amide bonds. The molecule has 1 N–H and O–H groups in total. The quantitative estimate of drug-likeness (QED) is 0.474. The number of hydrogen-bond donors (Lipinski definition) is 1. The minimum absolute atomic E-state index is 0.0658. The number of methoxy groups -OCH3 is 1. The number of nitrogens with zero attached hydrogens (tertiary/aromatic N) is 3. The predicted molar refractivity (Wildman–Crippen MR) is 128 cm³/mol. The summed E-state index contributed by atoms with van der Waals surface area (Å²) in [7, 11) is 1.63. The van der Waals surface area contributed by atoms with Gasteiger partial charge < -0.3 is 15.0 Å². The molecular formula is C25H24N4O2S. The summed E-state index contributed by atoms with van der Waals surface area (Å²) in [6.07, 6.45) is 0.889. The van der Waals surface area contributed by atoms with E-state index in [0.717, 1.165) is 34.3 Å². The molecule has 2 aromatic heterocycles. The molecule has 5 rings (SSSR count). The van der Waals surface area contributed by atoms with Crippen LogP contribution in [0.1, 0.15) is 17.0 Å². The van der Waals surface area contributed by atoms with E-state index in [1.54, 1.807) is 18.4 Å². The summed E-state index contributed by atoms with van der Waals surface area (Å²) in [5.41, 5.74) is 4.72. The van der Waals surface area contributed by atoms with Crippen LogP contribution in [-0.4, -0.2) is 41.0 Å². The first-order chi connectivity index (χ1) is 15.7. The van der Waals surface area contributed by atoms with Crippen LogP contribution in [-0.2, 0) is 29.1 Å². The van der Waals surface area contributed by atoms with Crippen LogP contribution >= 0.6 is 11.3 Å². The molecule has 2 aromatic carbocycles. The van der Waals surface area contributed by atoms with Gasteiger partial charge in [0.1, 0.15) is 17.3 Å². The van der Waals surface area contributed by atoms with Crippen LogP contribution in [0.2, 0.25) is 0 Å². The topological polar surface area (TPSA) is 67.3 Å². The fourth-order valence-electron chi connectivity index (χ4n) is 4.12. The summed E-state index contributed by atoms with van der Waals surface area (Å²) < 4.78 is 5.25. The highest BCUT2D eigenvalue weighted by Crippen LogP contribution is 2.37. The molecule has 3 heterocycles. The molecule has 0 saturated heterocycles. The monoisotopic (exact) mass is 444 g/mol. The number of nitrogens with one attached hydrogen (secondary N) is 1. The Labute approximate surface area is 190 Å². The number of aromatic nitrogens is 2. The number of benzene rings is 2. The average molecular weight is 445 g/mol. The summed E-state index contributed by atoms with van der Waals surface area (Å²) in [5.74, 6) is 1.34. The Hall–Kier alpha value is -3.29. The zero-order valence-corrected chi connectivity index (χ0v) is 18.7. The number of thiophene rings is 1. The maximum Gasteiger partial charge on any atom is 0.242 e. The molecule has 1 aliphatic rings. The van der Waals surface area contributed by atoms with Crippen molar-refractivity contribution in [3.05, 3.63) is 76.9 Å². The zero-order chi connectivity index (χ0) is 21.9. The van der Waals surface area contributed by atoms with Crippen molar-refractivity contribution in [1.29, 1.82) is 0 Å². The number of hydrogen-bond acceptors (Lipinski definition) is 6. The van der Waals surface area contributed by atoms with E-state index in [2.05, 4.69) is 46.0 Å². The number of amides is 1. The van der Waals surface area contributed by atoms with Crippen LogP contribution in [0.25, 0.3) is 21.3 Å². The molecule has 4 aromatic rings. The van der Waals surface area contributed by atoms with Gasteiger partial charge in [-0.25, -0.2) is 9.97 Å². The second kappa shape index (κ2) is 9.06. The van der Waals surface area contributed by atoms with Crippen molar-refractivity contribution in [2.24, 2.45) is 0 Å². The molecule has 0 unspecified atom stereocenters. The standard InChI is InChI=1S/C25H24N4O2S/c1-31-15-21-27-24(23-20(16-32-25(23)28-21)18-8-3-2-4-9-18)26-13-22(30)29-12-11-17-7-5-6-10-19(17)14-29/h2-10,16H,11-15H2,1H3,(H,26,27,28). The zero-order valence-electron chi connectivity index (χ0n) is 17.9. The molecule has 7 heteroatoms. The highest BCUT2D eigenvalue weighted by molar-refractivity contribution is 7.17. The second-order valence-electron chi connectivity index (χ2n) is 7.80. The van der Waals surface area contributed by atoms with Crippen molar-refractivity contribution in [3.8, 4) is 11.1 Å². The molecule has 1 aliphatic heterocycles. The van der Waals surface area contributed by atoms with Crippen LogP contribution in [0, 0.1) is 0 Å². The lowest BCUT2D eigenvalue weighted by molar-refractivity contribution is -0.130. The number of ether oxygens (including phenoxy) is 1. The number of anilines is 1. The first-order valence-electron chi connectivity index (χ1n) is 10.6. The Morgan fingerprint density at radius 1 is 1.09 bits per heavy atom. The van der Waals surface area contributed by atoms with Gasteiger partial charge in [-0.3, -0.25) is 4.79 Å². The Bertz CT molecular complexity index is 1260. The van der Waals surface area contributed by atoms with Crippen molar-refractivity contribution in [1.82, 2.24) is 14.9 Å². The Morgan fingerprint density at radius 3 is 2.69 bits per heavy atom. The van der Waals surface area contributed by atoms with Gasteiger partial charge in [-0.1, -0.05) is 54.6 Å².